The van der Waals surface area contributed by atoms with Crippen LogP contribution in [0.3, 0.4) is 0 Å². The Morgan fingerprint density at radius 1 is 0.968 bits per heavy atom. The Morgan fingerprint density at radius 3 is 2.35 bits per heavy atom. The minimum atomic E-state index is -0.151. The molecule has 0 unspecified atom stereocenters. The van der Waals surface area contributed by atoms with Crippen molar-refractivity contribution in [3.05, 3.63) is 84.9 Å². The highest BCUT2D eigenvalue weighted by Crippen LogP contribution is 2.21. The molecule has 0 aliphatic heterocycles. The number of aromatic nitrogens is 4. The summed E-state index contributed by atoms with van der Waals surface area (Å²) < 4.78 is 1.93. The van der Waals surface area contributed by atoms with E-state index in [0.717, 1.165) is 16.9 Å². The van der Waals surface area contributed by atoms with E-state index in [-0.39, 0.29) is 17.4 Å². The lowest BCUT2D eigenvalue weighted by Crippen LogP contribution is -2.14. The number of nitrogens with one attached hydrogen (secondary N) is 1. The molecule has 0 radical (unpaired) electrons. The standard InChI is InChI=1S/C23H19N5O2S/c1-16(29)17-2-6-19(7-3-17)25-22(30)14-31-23-11-10-21(26-27-23)18-4-8-20(9-5-18)28-13-12-24-15-28/h2-13,15H,14H2,1H3,(H,25,30). The van der Waals surface area contributed by atoms with Crippen LogP contribution in [0.2, 0.25) is 0 Å². The fourth-order valence-electron chi connectivity index (χ4n) is 2.89. The molecule has 4 aromatic rings. The summed E-state index contributed by atoms with van der Waals surface area (Å²) in [4.78, 5) is 27.5. The first-order valence-electron chi connectivity index (χ1n) is 9.54. The van der Waals surface area contributed by atoms with Gasteiger partial charge in [-0.05, 0) is 55.5 Å². The normalized spacial score (nSPS) is 10.6. The molecule has 2 aromatic carbocycles. The van der Waals surface area contributed by atoms with Gasteiger partial charge >= 0.3 is 0 Å². The number of rotatable bonds is 7. The highest BCUT2D eigenvalue weighted by Gasteiger charge is 2.07. The van der Waals surface area contributed by atoms with Gasteiger partial charge in [0.1, 0.15) is 5.03 Å². The molecule has 1 N–H and O–H groups in total. The fraction of sp³-hybridized carbons (Fsp3) is 0.0870. The SMILES string of the molecule is CC(=O)c1ccc(NC(=O)CSc2ccc(-c3ccc(-n4ccnc4)cc3)nn2)cc1. The number of carbonyl (C=O) groups is 2. The van der Waals surface area contributed by atoms with Crippen molar-refractivity contribution in [1.29, 1.82) is 0 Å². The van der Waals surface area contributed by atoms with Crippen molar-refractivity contribution in [3.63, 3.8) is 0 Å². The zero-order chi connectivity index (χ0) is 21.6. The van der Waals surface area contributed by atoms with Gasteiger partial charge in [-0.1, -0.05) is 23.9 Å². The van der Waals surface area contributed by atoms with Crippen molar-refractivity contribution < 1.29 is 9.59 Å². The van der Waals surface area contributed by atoms with Crippen LogP contribution in [-0.4, -0.2) is 37.2 Å². The third kappa shape index (κ3) is 5.23. The predicted molar refractivity (Wildman–Crippen MR) is 120 cm³/mol. The number of Topliss-reactive ketones (excluding diaryl/α,β-unsaturated/α-hetero) is 1. The van der Waals surface area contributed by atoms with Gasteiger partial charge in [0, 0.05) is 34.9 Å². The molecule has 154 valence electrons. The maximum atomic E-state index is 12.2. The van der Waals surface area contributed by atoms with E-state index in [9.17, 15) is 9.59 Å². The molecule has 31 heavy (non-hydrogen) atoms. The third-order valence-electron chi connectivity index (χ3n) is 4.53. The number of hydrogen-bond donors (Lipinski definition) is 1. The Balaban J connectivity index is 1.32. The molecule has 0 fully saturated rings. The van der Waals surface area contributed by atoms with Crippen molar-refractivity contribution in [2.75, 3.05) is 11.1 Å². The van der Waals surface area contributed by atoms with E-state index in [2.05, 4.69) is 20.5 Å². The number of imidazole rings is 1. The van der Waals surface area contributed by atoms with Crippen molar-refractivity contribution in [2.45, 2.75) is 11.9 Å². The van der Waals surface area contributed by atoms with E-state index in [1.54, 1.807) is 36.8 Å². The first-order valence-corrected chi connectivity index (χ1v) is 10.5. The Hall–Kier alpha value is -3.78. The highest BCUT2D eigenvalue weighted by atomic mass is 32.2. The van der Waals surface area contributed by atoms with Crippen molar-refractivity contribution in [1.82, 2.24) is 19.7 Å². The second-order valence-corrected chi connectivity index (χ2v) is 7.74. The Kier molecular flexibility index (Phi) is 6.18. The van der Waals surface area contributed by atoms with E-state index in [1.807, 2.05) is 47.2 Å². The molecule has 8 heteroatoms. The number of anilines is 1. The summed E-state index contributed by atoms with van der Waals surface area (Å²) in [5, 5.41) is 12.0. The van der Waals surface area contributed by atoms with Gasteiger partial charge in [0.15, 0.2) is 5.78 Å². The van der Waals surface area contributed by atoms with E-state index in [0.29, 0.717) is 16.3 Å². The van der Waals surface area contributed by atoms with Crippen molar-refractivity contribution in [2.24, 2.45) is 0 Å². The predicted octanol–water partition coefficient (Wildman–Crippen LogP) is 4.26. The number of carbonyl (C=O) groups excluding carboxylic acids is 2. The number of thioether (sulfide) groups is 1. The van der Waals surface area contributed by atoms with Gasteiger partial charge in [-0.25, -0.2) is 4.98 Å². The van der Waals surface area contributed by atoms with Crippen LogP contribution in [0.15, 0.2) is 84.4 Å². The van der Waals surface area contributed by atoms with Crippen LogP contribution in [0.4, 0.5) is 5.69 Å². The first kappa shape index (κ1) is 20.5. The van der Waals surface area contributed by atoms with Crippen LogP contribution in [0, 0.1) is 0 Å². The minimum absolute atomic E-state index is 0.00963. The van der Waals surface area contributed by atoms with Gasteiger partial charge in [-0.2, -0.15) is 0 Å². The molecule has 0 aliphatic carbocycles. The van der Waals surface area contributed by atoms with E-state index < -0.39 is 0 Å². The molecule has 2 heterocycles. The quantitative estimate of drug-likeness (QED) is 0.349. The molecule has 0 saturated carbocycles. The van der Waals surface area contributed by atoms with Crippen LogP contribution < -0.4 is 5.32 Å². The summed E-state index contributed by atoms with van der Waals surface area (Å²) in [6.45, 7) is 1.51. The maximum absolute atomic E-state index is 12.2. The Labute approximate surface area is 183 Å². The lowest BCUT2D eigenvalue weighted by atomic mass is 10.1. The molecule has 7 nitrogen and oxygen atoms in total. The Bertz CT molecular complexity index is 1170. The van der Waals surface area contributed by atoms with Gasteiger partial charge in [-0.3, -0.25) is 9.59 Å². The molecule has 2 aromatic heterocycles. The van der Waals surface area contributed by atoms with Crippen LogP contribution >= 0.6 is 11.8 Å². The lowest BCUT2D eigenvalue weighted by Gasteiger charge is -2.06. The maximum Gasteiger partial charge on any atom is 0.234 e. The van der Waals surface area contributed by atoms with Crippen molar-refractivity contribution in [3.8, 4) is 16.9 Å². The molecular formula is C23H19N5O2S. The number of nitrogens with zero attached hydrogens (tertiary/aromatic N) is 4. The van der Waals surface area contributed by atoms with Crippen LogP contribution in [0.1, 0.15) is 17.3 Å². The largest absolute Gasteiger partial charge is 0.325 e. The van der Waals surface area contributed by atoms with E-state index in [4.69, 9.17) is 0 Å². The second kappa shape index (κ2) is 9.36. The van der Waals surface area contributed by atoms with Gasteiger partial charge in [-0.15, -0.1) is 10.2 Å². The average Bonchev–Trinajstić information content (AvgIpc) is 3.34. The number of hydrogen-bond acceptors (Lipinski definition) is 6. The van der Waals surface area contributed by atoms with Gasteiger partial charge in [0.25, 0.3) is 0 Å². The van der Waals surface area contributed by atoms with Gasteiger partial charge in [0.2, 0.25) is 5.91 Å². The summed E-state index contributed by atoms with van der Waals surface area (Å²) >= 11 is 1.31. The van der Waals surface area contributed by atoms with E-state index in [1.165, 1.54) is 18.7 Å². The summed E-state index contributed by atoms with van der Waals surface area (Å²) in [6.07, 6.45) is 5.37. The zero-order valence-electron chi connectivity index (χ0n) is 16.7. The molecule has 0 aliphatic rings. The van der Waals surface area contributed by atoms with Gasteiger partial charge < -0.3 is 9.88 Å². The molecule has 0 atom stereocenters. The summed E-state index contributed by atoms with van der Waals surface area (Å²) in [5.41, 5.74) is 4.00. The number of ketones is 1. The molecule has 1 amide bonds. The minimum Gasteiger partial charge on any atom is -0.325 e. The zero-order valence-corrected chi connectivity index (χ0v) is 17.5. The number of amides is 1. The second-order valence-electron chi connectivity index (χ2n) is 6.74. The van der Waals surface area contributed by atoms with Gasteiger partial charge in [0.05, 0.1) is 17.8 Å². The molecule has 0 bridgehead atoms. The summed E-state index contributed by atoms with van der Waals surface area (Å²) in [7, 11) is 0. The molecule has 0 saturated heterocycles. The monoisotopic (exact) mass is 429 g/mol. The number of benzene rings is 2. The third-order valence-corrected chi connectivity index (χ3v) is 5.45. The van der Waals surface area contributed by atoms with Crippen LogP contribution in [-0.2, 0) is 4.79 Å². The van der Waals surface area contributed by atoms with Crippen LogP contribution in [0.5, 0.6) is 0 Å². The lowest BCUT2D eigenvalue weighted by molar-refractivity contribution is -0.113. The fourth-order valence-corrected chi connectivity index (χ4v) is 3.51. The Morgan fingerprint density at radius 2 is 1.74 bits per heavy atom. The average molecular weight is 430 g/mol. The topological polar surface area (TPSA) is 89.8 Å². The highest BCUT2D eigenvalue weighted by molar-refractivity contribution is 7.99. The molecular weight excluding hydrogens is 410 g/mol. The molecule has 4 rings (SSSR count). The van der Waals surface area contributed by atoms with E-state index >= 15 is 0 Å². The summed E-state index contributed by atoms with van der Waals surface area (Å²) in [5.74, 6) is 0.0494. The smallest absolute Gasteiger partial charge is 0.234 e. The van der Waals surface area contributed by atoms with Crippen LogP contribution in [0.25, 0.3) is 16.9 Å². The molecule has 0 spiro atoms. The first-order chi connectivity index (χ1) is 15.1. The summed E-state index contributed by atoms with van der Waals surface area (Å²) in [6, 6.07) is 18.5. The van der Waals surface area contributed by atoms with Crippen molar-refractivity contribution >= 4 is 29.1 Å².